The summed E-state index contributed by atoms with van der Waals surface area (Å²) in [4.78, 5) is 0. The molecule has 1 aromatic carbocycles. The lowest BCUT2D eigenvalue weighted by atomic mass is 9.80. The molecule has 1 nitrogen and oxygen atoms in total. The summed E-state index contributed by atoms with van der Waals surface area (Å²) in [5, 5.41) is 3.75. The minimum Gasteiger partial charge on any atom is -0.314 e. The molecule has 2 heteroatoms. The predicted molar refractivity (Wildman–Crippen MR) is 81.9 cm³/mol. The number of hydrogen-bond donors (Lipinski definition) is 1. The fourth-order valence-corrected chi connectivity index (χ4v) is 3.44. The third-order valence-corrected chi connectivity index (χ3v) is 4.78. The van der Waals surface area contributed by atoms with E-state index in [4.69, 9.17) is 0 Å². The van der Waals surface area contributed by atoms with E-state index in [1.54, 1.807) is 0 Å². The van der Waals surface area contributed by atoms with Gasteiger partial charge in [0, 0.05) is 10.5 Å². The first-order chi connectivity index (χ1) is 8.81. The van der Waals surface area contributed by atoms with Gasteiger partial charge in [-0.2, -0.15) is 0 Å². The van der Waals surface area contributed by atoms with Crippen LogP contribution in [0.1, 0.15) is 44.6 Å². The van der Waals surface area contributed by atoms with Crippen molar-refractivity contribution in [1.29, 1.82) is 0 Å². The van der Waals surface area contributed by atoms with Crippen molar-refractivity contribution in [3.63, 3.8) is 0 Å². The van der Waals surface area contributed by atoms with Gasteiger partial charge in [0.05, 0.1) is 0 Å². The number of hydrogen-bond acceptors (Lipinski definition) is 1. The lowest BCUT2D eigenvalue weighted by Crippen LogP contribution is -2.39. The zero-order chi connectivity index (χ0) is 12.8. The summed E-state index contributed by atoms with van der Waals surface area (Å²) < 4.78 is 1.27. The molecular formula is C16H24BrN. The molecule has 2 unspecified atom stereocenters. The molecule has 1 aliphatic carbocycles. The molecule has 0 spiro atoms. The van der Waals surface area contributed by atoms with Crippen LogP contribution in [-0.2, 0) is 6.42 Å². The summed E-state index contributed by atoms with van der Waals surface area (Å²) in [6.07, 6.45) is 7.98. The van der Waals surface area contributed by atoms with Crippen molar-refractivity contribution < 1.29 is 0 Å². The second-order valence-corrected chi connectivity index (χ2v) is 6.26. The van der Waals surface area contributed by atoms with Gasteiger partial charge in [-0.3, -0.25) is 0 Å². The van der Waals surface area contributed by atoms with E-state index in [-0.39, 0.29) is 0 Å². The Morgan fingerprint density at radius 2 is 2.00 bits per heavy atom. The first-order valence-electron chi connectivity index (χ1n) is 7.28. The van der Waals surface area contributed by atoms with Crippen LogP contribution in [0.3, 0.4) is 0 Å². The third-order valence-electron chi connectivity index (χ3n) is 4.01. The standard InChI is InChI=1S/C16H24BrN/c1-2-11-18-16-10-6-4-8-14(16)12-13-7-3-5-9-15(13)17/h3,5,7,9,14,16,18H,2,4,6,8,10-12H2,1H3. The number of nitrogens with one attached hydrogen (secondary N) is 1. The summed E-state index contributed by atoms with van der Waals surface area (Å²) >= 11 is 3.68. The second kappa shape index (κ2) is 7.30. The minimum absolute atomic E-state index is 0.728. The zero-order valence-electron chi connectivity index (χ0n) is 11.3. The van der Waals surface area contributed by atoms with Crippen LogP contribution in [0.5, 0.6) is 0 Å². The topological polar surface area (TPSA) is 12.0 Å². The SMILES string of the molecule is CCCNC1CCCCC1Cc1ccccc1Br. The normalized spacial score (nSPS) is 24.1. The van der Waals surface area contributed by atoms with E-state index in [1.807, 2.05) is 0 Å². The molecular weight excluding hydrogens is 286 g/mol. The molecule has 0 bridgehead atoms. The largest absolute Gasteiger partial charge is 0.314 e. The van der Waals surface area contributed by atoms with Crippen LogP contribution < -0.4 is 5.32 Å². The molecule has 0 aliphatic heterocycles. The molecule has 1 fully saturated rings. The highest BCUT2D eigenvalue weighted by atomic mass is 79.9. The van der Waals surface area contributed by atoms with Crippen LogP contribution in [0.15, 0.2) is 28.7 Å². The monoisotopic (exact) mass is 309 g/mol. The Balaban J connectivity index is 1.98. The maximum atomic E-state index is 3.75. The minimum atomic E-state index is 0.728. The van der Waals surface area contributed by atoms with Crippen LogP contribution in [-0.4, -0.2) is 12.6 Å². The van der Waals surface area contributed by atoms with Gasteiger partial charge in [-0.1, -0.05) is 53.9 Å². The highest BCUT2D eigenvalue weighted by Gasteiger charge is 2.24. The number of halogens is 1. The molecule has 1 N–H and O–H groups in total. The molecule has 100 valence electrons. The fourth-order valence-electron chi connectivity index (χ4n) is 3.00. The third kappa shape index (κ3) is 3.83. The lowest BCUT2D eigenvalue weighted by molar-refractivity contribution is 0.261. The molecule has 1 aliphatic rings. The zero-order valence-corrected chi connectivity index (χ0v) is 12.9. The molecule has 1 saturated carbocycles. The Morgan fingerprint density at radius 1 is 1.22 bits per heavy atom. The quantitative estimate of drug-likeness (QED) is 0.841. The molecule has 0 amide bonds. The Bertz CT molecular complexity index is 364. The summed E-state index contributed by atoms with van der Waals surface area (Å²) in [5.74, 6) is 0.809. The Morgan fingerprint density at radius 3 is 2.78 bits per heavy atom. The summed E-state index contributed by atoms with van der Waals surface area (Å²) in [7, 11) is 0. The summed E-state index contributed by atoms with van der Waals surface area (Å²) in [5.41, 5.74) is 1.47. The van der Waals surface area contributed by atoms with E-state index in [0.29, 0.717) is 0 Å². The van der Waals surface area contributed by atoms with E-state index in [0.717, 1.165) is 18.5 Å². The van der Waals surface area contributed by atoms with Crippen molar-refractivity contribution in [3.8, 4) is 0 Å². The first-order valence-corrected chi connectivity index (χ1v) is 8.07. The maximum Gasteiger partial charge on any atom is 0.0207 e. The van der Waals surface area contributed by atoms with Crippen molar-refractivity contribution in [3.05, 3.63) is 34.3 Å². The number of benzene rings is 1. The van der Waals surface area contributed by atoms with Gasteiger partial charge in [0.25, 0.3) is 0 Å². The second-order valence-electron chi connectivity index (χ2n) is 5.40. The van der Waals surface area contributed by atoms with Gasteiger partial charge in [-0.05, 0) is 49.8 Å². The average Bonchev–Trinajstić information content (AvgIpc) is 2.40. The summed E-state index contributed by atoms with van der Waals surface area (Å²) in [6.45, 7) is 3.41. The van der Waals surface area contributed by atoms with E-state index >= 15 is 0 Å². The first kappa shape index (κ1) is 14.1. The van der Waals surface area contributed by atoms with Crippen LogP contribution in [0.2, 0.25) is 0 Å². The van der Waals surface area contributed by atoms with Crippen LogP contribution in [0.25, 0.3) is 0 Å². The van der Waals surface area contributed by atoms with Gasteiger partial charge in [0.15, 0.2) is 0 Å². The Kier molecular flexibility index (Phi) is 5.71. The van der Waals surface area contributed by atoms with Crippen molar-refractivity contribution in [1.82, 2.24) is 5.32 Å². The number of rotatable bonds is 5. The van der Waals surface area contributed by atoms with Crippen molar-refractivity contribution >= 4 is 15.9 Å². The molecule has 0 heterocycles. The van der Waals surface area contributed by atoms with Crippen LogP contribution in [0, 0.1) is 5.92 Å². The van der Waals surface area contributed by atoms with Crippen molar-refractivity contribution in [2.24, 2.45) is 5.92 Å². The molecule has 2 rings (SSSR count). The molecule has 0 aromatic heterocycles. The van der Waals surface area contributed by atoms with E-state index in [2.05, 4.69) is 52.4 Å². The van der Waals surface area contributed by atoms with Crippen molar-refractivity contribution in [2.75, 3.05) is 6.54 Å². The predicted octanol–water partition coefficient (Wildman–Crippen LogP) is 4.55. The Labute approximate surface area is 119 Å². The van der Waals surface area contributed by atoms with Gasteiger partial charge in [0.2, 0.25) is 0 Å². The summed E-state index contributed by atoms with van der Waals surface area (Å²) in [6, 6.07) is 9.40. The molecule has 0 radical (unpaired) electrons. The highest BCUT2D eigenvalue weighted by Crippen LogP contribution is 2.29. The van der Waals surface area contributed by atoms with E-state index in [9.17, 15) is 0 Å². The van der Waals surface area contributed by atoms with E-state index < -0.39 is 0 Å². The highest BCUT2D eigenvalue weighted by molar-refractivity contribution is 9.10. The maximum absolute atomic E-state index is 3.75. The molecule has 1 aromatic rings. The van der Waals surface area contributed by atoms with Gasteiger partial charge in [-0.25, -0.2) is 0 Å². The molecule has 18 heavy (non-hydrogen) atoms. The fraction of sp³-hybridized carbons (Fsp3) is 0.625. The van der Waals surface area contributed by atoms with Gasteiger partial charge in [-0.15, -0.1) is 0 Å². The lowest BCUT2D eigenvalue weighted by Gasteiger charge is -2.32. The smallest absolute Gasteiger partial charge is 0.0207 e. The van der Waals surface area contributed by atoms with Gasteiger partial charge >= 0.3 is 0 Å². The van der Waals surface area contributed by atoms with E-state index in [1.165, 1.54) is 48.6 Å². The van der Waals surface area contributed by atoms with Gasteiger partial charge in [0.1, 0.15) is 0 Å². The van der Waals surface area contributed by atoms with Crippen LogP contribution in [0.4, 0.5) is 0 Å². The molecule has 2 atom stereocenters. The average molecular weight is 310 g/mol. The Hall–Kier alpha value is -0.340. The van der Waals surface area contributed by atoms with Crippen molar-refractivity contribution in [2.45, 2.75) is 51.5 Å². The van der Waals surface area contributed by atoms with Crippen LogP contribution >= 0.6 is 15.9 Å². The van der Waals surface area contributed by atoms with Gasteiger partial charge < -0.3 is 5.32 Å². The molecule has 0 saturated heterocycles.